The molecule has 2 rings (SSSR count). The molecule has 1 fully saturated rings. The molecule has 2 N–H and O–H groups in total. The topological polar surface area (TPSA) is 93.2 Å². The van der Waals surface area contributed by atoms with Crippen LogP contribution in [-0.4, -0.2) is 28.6 Å². The highest BCUT2D eigenvalue weighted by Gasteiger charge is 2.44. The summed E-state index contributed by atoms with van der Waals surface area (Å²) in [4.78, 5) is 38.4. The van der Waals surface area contributed by atoms with Gasteiger partial charge in [-0.05, 0) is 29.6 Å². The molecule has 7 heteroatoms. The van der Waals surface area contributed by atoms with Crippen molar-refractivity contribution in [2.75, 3.05) is 7.05 Å². The molecule has 1 aliphatic heterocycles. The normalized spacial score (nSPS) is 23.9. The lowest BCUT2D eigenvalue weighted by Crippen LogP contribution is -2.37. The van der Waals surface area contributed by atoms with Crippen molar-refractivity contribution in [2.24, 2.45) is 16.7 Å². The molecule has 2 heterocycles. The van der Waals surface area contributed by atoms with Gasteiger partial charge in [-0.2, -0.15) is 0 Å². The second-order valence-electron chi connectivity index (χ2n) is 9.39. The van der Waals surface area contributed by atoms with E-state index in [4.69, 9.17) is 4.74 Å². The van der Waals surface area contributed by atoms with Gasteiger partial charge in [0, 0.05) is 13.2 Å². The molecule has 0 spiro atoms. The molecule has 146 valence electrons. The summed E-state index contributed by atoms with van der Waals surface area (Å²) >= 11 is 0. The van der Waals surface area contributed by atoms with Crippen molar-refractivity contribution in [3.8, 4) is 0 Å². The highest BCUT2D eigenvalue weighted by Crippen LogP contribution is 2.46. The van der Waals surface area contributed by atoms with Crippen LogP contribution in [0.25, 0.3) is 0 Å². The summed E-state index contributed by atoms with van der Waals surface area (Å²) in [5, 5.41) is 2.42. The number of hydrogen-bond acceptors (Lipinski definition) is 4. The first-order valence-corrected chi connectivity index (χ1v) is 9.06. The van der Waals surface area contributed by atoms with E-state index in [-0.39, 0.29) is 28.4 Å². The van der Waals surface area contributed by atoms with Gasteiger partial charge in [0.05, 0.1) is 6.10 Å². The first-order valence-electron chi connectivity index (χ1n) is 9.06. The number of carbonyl (C=O) groups excluding carboxylic acids is 1. The fourth-order valence-corrected chi connectivity index (χ4v) is 3.60. The first-order chi connectivity index (χ1) is 11.8. The summed E-state index contributed by atoms with van der Waals surface area (Å²) < 4.78 is 7.60. The molecule has 3 atom stereocenters. The van der Waals surface area contributed by atoms with Gasteiger partial charge < -0.3 is 10.1 Å². The molecule has 0 aromatic carbocycles. The van der Waals surface area contributed by atoms with Gasteiger partial charge in [-0.1, -0.05) is 41.5 Å². The fourth-order valence-electron chi connectivity index (χ4n) is 3.60. The molecule has 1 aromatic rings. The smallest absolute Gasteiger partial charge is 0.330 e. The van der Waals surface area contributed by atoms with Crippen LogP contribution in [0.3, 0.4) is 0 Å². The van der Waals surface area contributed by atoms with Crippen molar-refractivity contribution in [3.63, 3.8) is 0 Å². The molecule has 26 heavy (non-hydrogen) atoms. The quantitative estimate of drug-likeness (QED) is 0.859. The Morgan fingerprint density at radius 2 is 1.88 bits per heavy atom. The Morgan fingerprint density at radius 1 is 1.27 bits per heavy atom. The third-order valence-corrected chi connectivity index (χ3v) is 4.91. The minimum atomic E-state index is -0.692. The molecule has 0 aliphatic carbocycles. The molecule has 1 aliphatic rings. The van der Waals surface area contributed by atoms with Crippen LogP contribution >= 0.6 is 0 Å². The lowest BCUT2D eigenvalue weighted by atomic mass is 9.73. The van der Waals surface area contributed by atoms with E-state index in [1.807, 2.05) is 0 Å². The zero-order valence-corrected chi connectivity index (χ0v) is 16.8. The predicted octanol–water partition coefficient (Wildman–Crippen LogP) is 2.28. The highest BCUT2D eigenvalue weighted by atomic mass is 16.5. The number of ether oxygens (including phenoxy) is 1. The zero-order chi connectivity index (χ0) is 19.9. The zero-order valence-electron chi connectivity index (χ0n) is 16.8. The number of H-pyrrole nitrogens is 1. The van der Waals surface area contributed by atoms with Crippen molar-refractivity contribution < 1.29 is 9.53 Å². The minimum Gasteiger partial charge on any atom is -0.355 e. The highest BCUT2D eigenvalue weighted by molar-refractivity contribution is 5.93. The van der Waals surface area contributed by atoms with E-state index < -0.39 is 23.4 Å². The van der Waals surface area contributed by atoms with E-state index in [9.17, 15) is 14.4 Å². The van der Waals surface area contributed by atoms with Gasteiger partial charge in [-0.3, -0.25) is 19.1 Å². The third-order valence-electron chi connectivity index (χ3n) is 4.91. The lowest BCUT2D eigenvalue weighted by Gasteiger charge is -2.33. The number of amides is 1. The standard InChI is InChI=1S/C19H31N3O4/c1-18(2,3)9-13-12(19(4,5)6)8-14(26-13)22-10-11(15(23)20-7)16(24)21-17(22)25/h10,12-14H,8-9H2,1-7H3,(H,20,23)(H,21,24,25)/t12-,13?,14-/m1/s1. The van der Waals surface area contributed by atoms with Crippen LogP contribution < -0.4 is 16.6 Å². The maximum Gasteiger partial charge on any atom is 0.330 e. The Hall–Kier alpha value is -1.89. The second kappa shape index (κ2) is 7.02. The molecule has 7 nitrogen and oxygen atoms in total. The molecule has 0 bridgehead atoms. The molecule has 1 saturated heterocycles. The van der Waals surface area contributed by atoms with Crippen molar-refractivity contribution in [2.45, 2.75) is 66.7 Å². The number of carbonyl (C=O) groups is 1. The van der Waals surface area contributed by atoms with E-state index in [0.29, 0.717) is 6.42 Å². The van der Waals surface area contributed by atoms with Crippen LogP contribution in [0.15, 0.2) is 15.8 Å². The molecule has 0 saturated carbocycles. The largest absolute Gasteiger partial charge is 0.355 e. The van der Waals surface area contributed by atoms with Crippen LogP contribution in [0.2, 0.25) is 0 Å². The molecule has 0 radical (unpaired) electrons. The third kappa shape index (κ3) is 4.44. The van der Waals surface area contributed by atoms with E-state index in [2.05, 4.69) is 51.8 Å². The van der Waals surface area contributed by atoms with Crippen molar-refractivity contribution >= 4 is 5.91 Å². The molecule has 1 amide bonds. The lowest BCUT2D eigenvalue weighted by molar-refractivity contribution is -0.0342. The Morgan fingerprint density at radius 3 is 2.38 bits per heavy atom. The molecular weight excluding hydrogens is 334 g/mol. The van der Waals surface area contributed by atoms with Crippen molar-refractivity contribution in [1.29, 1.82) is 0 Å². The fraction of sp³-hybridized carbons (Fsp3) is 0.737. The number of rotatable bonds is 3. The maximum atomic E-state index is 12.3. The Bertz CT molecular complexity index is 780. The van der Waals surface area contributed by atoms with Gasteiger partial charge in [-0.15, -0.1) is 0 Å². The molecule has 1 unspecified atom stereocenters. The summed E-state index contributed by atoms with van der Waals surface area (Å²) in [7, 11) is 1.44. The summed E-state index contributed by atoms with van der Waals surface area (Å²) in [6.07, 6.45) is 2.33. The van der Waals surface area contributed by atoms with E-state index in [0.717, 1.165) is 6.42 Å². The van der Waals surface area contributed by atoms with Gasteiger partial charge in [0.15, 0.2) is 0 Å². The summed E-state index contributed by atoms with van der Waals surface area (Å²) in [6.45, 7) is 13.0. The monoisotopic (exact) mass is 365 g/mol. The number of aromatic nitrogens is 2. The SMILES string of the molecule is CNC(=O)c1cn([C@H]2C[C@@H](C(C)(C)C)C(CC(C)(C)C)O2)c(=O)[nH]c1=O. The number of nitrogens with zero attached hydrogens (tertiary/aromatic N) is 1. The Balaban J connectivity index is 2.42. The predicted molar refractivity (Wildman–Crippen MR) is 100 cm³/mol. The summed E-state index contributed by atoms with van der Waals surface area (Å²) in [5.74, 6) is -0.273. The van der Waals surface area contributed by atoms with Crippen molar-refractivity contribution in [1.82, 2.24) is 14.9 Å². The van der Waals surface area contributed by atoms with E-state index in [1.54, 1.807) is 0 Å². The van der Waals surface area contributed by atoms with Crippen LogP contribution in [0.4, 0.5) is 0 Å². The minimum absolute atomic E-state index is 0.00211. The summed E-state index contributed by atoms with van der Waals surface area (Å²) in [5.41, 5.74) is -1.24. The number of nitrogens with one attached hydrogen (secondary N) is 2. The van der Waals surface area contributed by atoms with Crippen LogP contribution in [0.5, 0.6) is 0 Å². The Kier molecular flexibility index (Phi) is 5.52. The van der Waals surface area contributed by atoms with Gasteiger partial charge in [0.2, 0.25) is 0 Å². The van der Waals surface area contributed by atoms with Crippen LogP contribution in [0, 0.1) is 16.7 Å². The van der Waals surface area contributed by atoms with E-state index >= 15 is 0 Å². The van der Waals surface area contributed by atoms with Gasteiger partial charge in [0.1, 0.15) is 11.8 Å². The average Bonchev–Trinajstić information content (AvgIpc) is 2.88. The van der Waals surface area contributed by atoms with Crippen molar-refractivity contribution in [3.05, 3.63) is 32.6 Å². The molecule has 1 aromatic heterocycles. The van der Waals surface area contributed by atoms with Gasteiger partial charge in [0.25, 0.3) is 11.5 Å². The van der Waals surface area contributed by atoms with Crippen LogP contribution in [0.1, 0.15) is 71.0 Å². The second-order valence-corrected chi connectivity index (χ2v) is 9.39. The molecular formula is C19H31N3O4. The summed E-state index contributed by atoms with van der Waals surface area (Å²) in [6, 6.07) is 0. The first kappa shape index (κ1) is 20.4. The van der Waals surface area contributed by atoms with Gasteiger partial charge in [-0.25, -0.2) is 4.79 Å². The van der Waals surface area contributed by atoms with Crippen LogP contribution in [-0.2, 0) is 4.74 Å². The Labute approximate surface area is 154 Å². The van der Waals surface area contributed by atoms with Gasteiger partial charge >= 0.3 is 5.69 Å². The van der Waals surface area contributed by atoms with E-state index in [1.165, 1.54) is 17.8 Å². The average molecular weight is 365 g/mol. The maximum absolute atomic E-state index is 12.3. The number of hydrogen-bond donors (Lipinski definition) is 2. The number of aromatic amines is 1.